The second kappa shape index (κ2) is 6.92. The minimum absolute atomic E-state index is 0.0491. The average molecular weight is 313 g/mol. The zero-order chi connectivity index (χ0) is 16.2. The molecule has 0 spiro atoms. The van der Waals surface area contributed by atoms with Gasteiger partial charge < -0.3 is 10.0 Å². The van der Waals surface area contributed by atoms with Crippen LogP contribution in [-0.2, 0) is 11.3 Å². The van der Waals surface area contributed by atoms with Crippen LogP contribution in [0.4, 0.5) is 4.39 Å². The van der Waals surface area contributed by atoms with Gasteiger partial charge >= 0.3 is 0 Å². The summed E-state index contributed by atoms with van der Waals surface area (Å²) >= 11 is 0. The maximum absolute atomic E-state index is 13.0. The molecule has 3 nitrogen and oxygen atoms in total. The number of carbonyl (C=O) groups excluding carboxylic acids is 1. The second-order valence-corrected chi connectivity index (χ2v) is 5.97. The van der Waals surface area contributed by atoms with Crippen LogP contribution >= 0.6 is 0 Å². The normalized spacial score (nSPS) is 19.4. The molecule has 2 aromatic rings. The van der Waals surface area contributed by atoms with E-state index < -0.39 is 0 Å². The summed E-state index contributed by atoms with van der Waals surface area (Å²) in [5.41, 5.74) is 2.06. The Morgan fingerprint density at radius 3 is 2.48 bits per heavy atom. The second-order valence-electron chi connectivity index (χ2n) is 5.97. The lowest BCUT2D eigenvalue weighted by Gasteiger charge is -2.22. The molecule has 1 amide bonds. The summed E-state index contributed by atoms with van der Waals surface area (Å²) in [6.45, 7) is 0.791. The van der Waals surface area contributed by atoms with E-state index >= 15 is 0 Å². The van der Waals surface area contributed by atoms with Gasteiger partial charge in [-0.25, -0.2) is 4.39 Å². The molecule has 0 radical (unpaired) electrons. The van der Waals surface area contributed by atoms with Gasteiger partial charge in [0.25, 0.3) is 0 Å². The van der Waals surface area contributed by atoms with E-state index in [9.17, 15) is 14.3 Å². The monoisotopic (exact) mass is 313 g/mol. The van der Waals surface area contributed by atoms with Gasteiger partial charge in [-0.15, -0.1) is 0 Å². The zero-order valence-corrected chi connectivity index (χ0v) is 12.9. The molecular weight excluding hydrogens is 293 g/mol. The van der Waals surface area contributed by atoms with E-state index in [4.69, 9.17) is 0 Å². The Balaban J connectivity index is 1.66. The highest BCUT2D eigenvalue weighted by Gasteiger charge is 2.45. The third-order valence-corrected chi connectivity index (χ3v) is 4.30. The first-order valence-electron chi connectivity index (χ1n) is 7.88. The fraction of sp³-hybridized carbons (Fsp3) is 0.316. The number of aliphatic hydroxyl groups excluding tert-OH is 1. The molecule has 0 bridgehead atoms. The first kappa shape index (κ1) is 15.7. The summed E-state index contributed by atoms with van der Waals surface area (Å²) in [7, 11) is 0. The predicted molar refractivity (Wildman–Crippen MR) is 86.2 cm³/mol. The van der Waals surface area contributed by atoms with Crippen LogP contribution in [-0.4, -0.2) is 29.1 Å². The van der Waals surface area contributed by atoms with Crippen LogP contribution in [0.3, 0.4) is 0 Å². The first-order chi connectivity index (χ1) is 11.2. The number of carbonyl (C=O) groups is 1. The van der Waals surface area contributed by atoms with Crippen molar-refractivity contribution in [2.45, 2.75) is 18.9 Å². The molecule has 1 saturated carbocycles. The summed E-state index contributed by atoms with van der Waals surface area (Å²) in [5.74, 6) is -0.0868. The summed E-state index contributed by atoms with van der Waals surface area (Å²) in [6.07, 6.45) is 0.793. The number of rotatable bonds is 6. The van der Waals surface area contributed by atoms with Crippen LogP contribution in [0.5, 0.6) is 0 Å². The van der Waals surface area contributed by atoms with Gasteiger partial charge in [0.05, 0.1) is 6.61 Å². The molecule has 3 rings (SSSR count). The lowest BCUT2D eigenvalue weighted by atomic mass is 10.1. The van der Waals surface area contributed by atoms with Crippen molar-refractivity contribution >= 4 is 5.91 Å². The fourth-order valence-electron chi connectivity index (χ4n) is 2.97. The van der Waals surface area contributed by atoms with Crippen LogP contribution in [0.25, 0.3) is 0 Å². The average Bonchev–Trinajstić information content (AvgIpc) is 3.36. The summed E-state index contributed by atoms with van der Waals surface area (Å²) in [4.78, 5) is 14.4. The van der Waals surface area contributed by atoms with E-state index in [0.29, 0.717) is 13.1 Å². The number of aliphatic hydroxyl groups is 1. The molecule has 2 unspecified atom stereocenters. The van der Waals surface area contributed by atoms with Crippen molar-refractivity contribution in [1.29, 1.82) is 0 Å². The van der Waals surface area contributed by atoms with Crippen molar-refractivity contribution in [2.75, 3.05) is 13.2 Å². The van der Waals surface area contributed by atoms with Crippen molar-refractivity contribution in [3.63, 3.8) is 0 Å². The minimum atomic E-state index is -0.261. The highest BCUT2D eigenvalue weighted by molar-refractivity contribution is 5.83. The smallest absolute Gasteiger partial charge is 0.226 e. The van der Waals surface area contributed by atoms with E-state index in [0.717, 1.165) is 17.5 Å². The summed E-state index contributed by atoms with van der Waals surface area (Å²) in [5, 5.41) is 9.24. The number of hydrogen-bond acceptors (Lipinski definition) is 2. The molecule has 2 aromatic carbocycles. The number of halogens is 1. The van der Waals surface area contributed by atoms with Crippen LogP contribution < -0.4 is 0 Å². The van der Waals surface area contributed by atoms with Gasteiger partial charge in [0, 0.05) is 19.0 Å². The molecule has 1 aliphatic carbocycles. The summed E-state index contributed by atoms with van der Waals surface area (Å²) < 4.78 is 13.0. The molecular formula is C19H20FNO2. The molecule has 0 aliphatic heterocycles. The van der Waals surface area contributed by atoms with Crippen LogP contribution in [0.15, 0.2) is 54.6 Å². The number of nitrogens with zero attached hydrogens (tertiary/aromatic N) is 1. The Hall–Kier alpha value is -2.20. The van der Waals surface area contributed by atoms with Crippen LogP contribution in [0, 0.1) is 11.7 Å². The third kappa shape index (κ3) is 3.77. The SMILES string of the molecule is O=C(C1CC1c1ccc(F)cc1)N(CCO)Cc1ccccc1. The van der Waals surface area contributed by atoms with E-state index in [2.05, 4.69) is 0 Å². The van der Waals surface area contributed by atoms with Gasteiger partial charge in [0.15, 0.2) is 0 Å². The lowest BCUT2D eigenvalue weighted by molar-refractivity contribution is -0.133. The van der Waals surface area contributed by atoms with Crippen molar-refractivity contribution < 1.29 is 14.3 Å². The van der Waals surface area contributed by atoms with Gasteiger partial charge in [0.1, 0.15) is 5.82 Å². The molecule has 0 saturated heterocycles. The van der Waals surface area contributed by atoms with E-state index in [1.807, 2.05) is 30.3 Å². The molecule has 2 atom stereocenters. The molecule has 4 heteroatoms. The van der Waals surface area contributed by atoms with E-state index in [1.54, 1.807) is 17.0 Å². The largest absolute Gasteiger partial charge is 0.395 e. The Morgan fingerprint density at radius 1 is 1.13 bits per heavy atom. The van der Waals surface area contributed by atoms with Gasteiger partial charge in [-0.2, -0.15) is 0 Å². The van der Waals surface area contributed by atoms with E-state index in [-0.39, 0.29) is 30.2 Å². The Bertz CT molecular complexity index is 657. The zero-order valence-electron chi connectivity index (χ0n) is 12.9. The highest BCUT2D eigenvalue weighted by atomic mass is 19.1. The molecule has 1 N–H and O–H groups in total. The van der Waals surface area contributed by atoms with Gasteiger partial charge in [-0.05, 0) is 35.6 Å². The van der Waals surface area contributed by atoms with Gasteiger partial charge in [-0.1, -0.05) is 42.5 Å². The number of benzene rings is 2. The number of amides is 1. The predicted octanol–water partition coefficient (Wildman–Crippen LogP) is 2.95. The minimum Gasteiger partial charge on any atom is -0.395 e. The number of hydrogen-bond donors (Lipinski definition) is 1. The quantitative estimate of drug-likeness (QED) is 0.891. The Labute approximate surface area is 135 Å². The van der Waals surface area contributed by atoms with E-state index in [1.165, 1.54) is 12.1 Å². The molecule has 0 heterocycles. The lowest BCUT2D eigenvalue weighted by Crippen LogP contribution is -2.34. The van der Waals surface area contributed by atoms with Crippen molar-refractivity contribution in [2.24, 2.45) is 5.92 Å². The first-order valence-corrected chi connectivity index (χ1v) is 7.88. The molecule has 1 aliphatic rings. The standard InChI is InChI=1S/C19H20FNO2/c20-16-8-6-15(7-9-16)17-12-18(17)19(23)21(10-11-22)13-14-4-2-1-3-5-14/h1-9,17-18,22H,10-13H2. The van der Waals surface area contributed by atoms with Gasteiger partial charge in [0.2, 0.25) is 5.91 Å². The van der Waals surface area contributed by atoms with Crippen molar-refractivity contribution in [3.8, 4) is 0 Å². The molecule has 23 heavy (non-hydrogen) atoms. The maximum atomic E-state index is 13.0. The fourth-order valence-corrected chi connectivity index (χ4v) is 2.97. The molecule has 120 valence electrons. The summed E-state index contributed by atoms with van der Waals surface area (Å²) in [6, 6.07) is 16.1. The van der Waals surface area contributed by atoms with Crippen molar-refractivity contribution in [1.82, 2.24) is 4.90 Å². The Kier molecular flexibility index (Phi) is 4.72. The Morgan fingerprint density at radius 2 is 1.83 bits per heavy atom. The van der Waals surface area contributed by atoms with Gasteiger partial charge in [-0.3, -0.25) is 4.79 Å². The van der Waals surface area contributed by atoms with Crippen molar-refractivity contribution in [3.05, 3.63) is 71.5 Å². The third-order valence-electron chi connectivity index (χ3n) is 4.30. The van der Waals surface area contributed by atoms with Crippen LogP contribution in [0.1, 0.15) is 23.5 Å². The van der Waals surface area contributed by atoms with Crippen LogP contribution in [0.2, 0.25) is 0 Å². The highest BCUT2D eigenvalue weighted by Crippen LogP contribution is 2.48. The molecule has 1 fully saturated rings. The topological polar surface area (TPSA) is 40.5 Å². The maximum Gasteiger partial charge on any atom is 0.226 e. The molecule has 0 aromatic heterocycles.